The highest BCUT2D eigenvalue weighted by atomic mass is 16.8. The minimum Gasteiger partial charge on any atom is -0.460 e. The monoisotopic (exact) mass is 368 g/mol. The maximum absolute atomic E-state index is 11.6. The van der Waals surface area contributed by atoms with Crippen molar-refractivity contribution >= 4 is 5.97 Å². The van der Waals surface area contributed by atoms with E-state index in [0.29, 0.717) is 0 Å². The van der Waals surface area contributed by atoms with Gasteiger partial charge in [-0.15, -0.1) is 0 Å². The van der Waals surface area contributed by atoms with Gasteiger partial charge >= 0.3 is 5.97 Å². The van der Waals surface area contributed by atoms with Crippen LogP contribution in [-0.4, -0.2) is 116 Å². The van der Waals surface area contributed by atoms with Gasteiger partial charge in [-0.1, -0.05) is 0 Å². The molecule has 3 fully saturated rings. The van der Waals surface area contributed by atoms with Crippen molar-refractivity contribution in [3.05, 3.63) is 0 Å². The SMILES string of the molecule is O=C1OC[C@]12O[C@@H](O[C@H]1[C@H](O)[C@@H](O)[C@H](O)O[C@@H]1CO)[C@H](O)[C@@H](O)[C@@H]2O. The number of rotatable bonds is 3. The topological polar surface area (TPSA) is 196 Å². The van der Waals surface area contributed by atoms with Gasteiger partial charge in [0.05, 0.1) is 6.61 Å². The molecule has 144 valence electrons. The largest absolute Gasteiger partial charge is 0.460 e. The number of carbonyl (C=O) groups excluding carboxylic acids is 1. The number of aliphatic hydroxyl groups is 7. The van der Waals surface area contributed by atoms with E-state index in [2.05, 4.69) is 4.74 Å². The third kappa shape index (κ3) is 2.84. The van der Waals surface area contributed by atoms with Gasteiger partial charge < -0.3 is 54.7 Å². The van der Waals surface area contributed by atoms with Gasteiger partial charge in [0.1, 0.15) is 49.3 Å². The first kappa shape index (κ1) is 18.8. The normalized spacial score (nSPS) is 53.4. The fraction of sp³-hybridized carbons (Fsp3) is 0.923. The first-order valence-electron chi connectivity index (χ1n) is 7.58. The molecular weight excluding hydrogens is 348 g/mol. The zero-order chi connectivity index (χ0) is 18.5. The number of aliphatic hydroxyl groups excluding tert-OH is 7. The molecule has 3 saturated heterocycles. The van der Waals surface area contributed by atoms with Crippen LogP contribution in [0.2, 0.25) is 0 Å². The van der Waals surface area contributed by atoms with E-state index >= 15 is 0 Å². The molecule has 0 radical (unpaired) electrons. The smallest absolute Gasteiger partial charge is 0.345 e. The first-order valence-corrected chi connectivity index (χ1v) is 7.58. The van der Waals surface area contributed by atoms with E-state index in [0.717, 1.165) is 0 Å². The van der Waals surface area contributed by atoms with Gasteiger partial charge in [0.25, 0.3) is 0 Å². The molecule has 1 spiro atoms. The Hall–Kier alpha value is -0.930. The van der Waals surface area contributed by atoms with Gasteiger partial charge in [-0.3, -0.25) is 0 Å². The number of ether oxygens (including phenoxy) is 4. The molecule has 0 aromatic heterocycles. The molecule has 0 aliphatic carbocycles. The summed E-state index contributed by atoms with van der Waals surface area (Å²) in [5, 5.41) is 68.4. The van der Waals surface area contributed by atoms with E-state index in [4.69, 9.17) is 14.2 Å². The van der Waals surface area contributed by atoms with Gasteiger partial charge in [-0.05, 0) is 0 Å². The zero-order valence-electron chi connectivity index (χ0n) is 12.8. The predicted octanol–water partition coefficient (Wildman–Crippen LogP) is -5.46. The molecule has 3 rings (SSSR count). The number of esters is 1. The Morgan fingerprint density at radius 2 is 1.72 bits per heavy atom. The fourth-order valence-electron chi connectivity index (χ4n) is 3.03. The van der Waals surface area contributed by atoms with Crippen molar-refractivity contribution < 1.29 is 59.5 Å². The highest BCUT2D eigenvalue weighted by molar-refractivity contribution is 5.86. The molecule has 0 unspecified atom stereocenters. The van der Waals surface area contributed by atoms with E-state index in [1.807, 2.05) is 0 Å². The number of hydrogen-bond acceptors (Lipinski definition) is 12. The maximum atomic E-state index is 11.6. The summed E-state index contributed by atoms with van der Waals surface area (Å²) in [6.07, 6.45) is -15.2. The summed E-state index contributed by atoms with van der Waals surface area (Å²) in [6, 6.07) is 0. The minimum absolute atomic E-state index is 0.384. The maximum Gasteiger partial charge on any atom is 0.345 e. The summed E-state index contributed by atoms with van der Waals surface area (Å²) in [5.41, 5.74) is -1.93. The second kappa shape index (κ2) is 6.66. The molecule has 10 atom stereocenters. The van der Waals surface area contributed by atoms with E-state index in [1.165, 1.54) is 0 Å². The van der Waals surface area contributed by atoms with Crippen molar-refractivity contribution in [3.8, 4) is 0 Å². The fourth-order valence-corrected chi connectivity index (χ4v) is 3.03. The second-order valence-electron chi connectivity index (χ2n) is 6.21. The third-order valence-corrected chi connectivity index (χ3v) is 4.65. The summed E-state index contributed by atoms with van der Waals surface area (Å²) in [4.78, 5) is 11.6. The quantitative estimate of drug-likeness (QED) is 0.234. The standard InChI is InChI=1S/C13H20O12/c14-1-3-8(4(15)6(17)10(20)23-3)24-11-7(18)5(16)9(19)13(25-11)2-22-12(13)21/h3-11,14-20H,1-2H2/t3-,4-,5-,6-,7-,8-,9+,10-,11-,13-/m1/s1. The Morgan fingerprint density at radius 3 is 2.24 bits per heavy atom. The molecule has 0 bridgehead atoms. The molecule has 3 aliphatic rings. The number of cyclic esters (lactones) is 1. The van der Waals surface area contributed by atoms with Crippen molar-refractivity contribution in [2.75, 3.05) is 13.2 Å². The molecule has 0 aromatic rings. The highest BCUT2D eigenvalue weighted by Gasteiger charge is 2.65. The molecular formula is C13H20O12. The summed E-state index contributed by atoms with van der Waals surface area (Å²) in [6.45, 7) is -1.10. The highest BCUT2D eigenvalue weighted by Crippen LogP contribution is 2.38. The van der Waals surface area contributed by atoms with Crippen LogP contribution >= 0.6 is 0 Å². The minimum atomic E-state index is -1.93. The van der Waals surface area contributed by atoms with E-state index in [-0.39, 0.29) is 6.61 Å². The predicted molar refractivity (Wildman–Crippen MR) is 71.4 cm³/mol. The van der Waals surface area contributed by atoms with Crippen LogP contribution in [0.1, 0.15) is 0 Å². The van der Waals surface area contributed by atoms with Gasteiger partial charge in [0.15, 0.2) is 12.6 Å². The molecule has 0 amide bonds. The Bertz CT molecular complexity index is 513. The summed E-state index contributed by atoms with van der Waals surface area (Å²) >= 11 is 0. The molecule has 3 heterocycles. The first-order chi connectivity index (χ1) is 11.7. The van der Waals surface area contributed by atoms with Crippen LogP contribution in [0.25, 0.3) is 0 Å². The molecule has 12 heteroatoms. The average molecular weight is 368 g/mol. The van der Waals surface area contributed by atoms with Gasteiger partial charge in [0.2, 0.25) is 5.60 Å². The van der Waals surface area contributed by atoms with E-state index in [9.17, 15) is 40.5 Å². The van der Waals surface area contributed by atoms with E-state index < -0.39 is 73.5 Å². The van der Waals surface area contributed by atoms with Crippen molar-refractivity contribution in [1.82, 2.24) is 0 Å². The molecule has 0 aromatic carbocycles. The van der Waals surface area contributed by atoms with Crippen LogP contribution in [0.15, 0.2) is 0 Å². The third-order valence-electron chi connectivity index (χ3n) is 4.65. The van der Waals surface area contributed by atoms with Crippen molar-refractivity contribution in [3.63, 3.8) is 0 Å². The Balaban J connectivity index is 1.79. The molecule has 25 heavy (non-hydrogen) atoms. The Labute approximate surface area is 140 Å². The van der Waals surface area contributed by atoms with Crippen LogP contribution in [0.3, 0.4) is 0 Å². The van der Waals surface area contributed by atoms with Crippen LogP contribution in [0.4, 0.5) is 0 Å². The van der Waals surface area contributed by atoms with Crippen molar-refractivity contribution in [2.45, 2.75) is 60.9 Å². The molecule has 12 nitrogen and oxygen atoms in total. The molecule has 7 N–H and O–H groups in total. The van der Waals surface area contributed by atoms with Gasteiger partial charge in [-0.25, -0.2) is 4.79 Å². The van der Waals surface area contributed by atoms with Crippen LogP contribution in [-0.2, 0) is 23.7 Å². The average Bonchev–Trinajstić information content (AvgIpc) is 2.60. The van der Waals surface area contributed by atoms with Crippen molar-refractivity contribution in [2.24, 2.45) is 0 Å². The lowest BCUT2D eigenvalue weighted by Gasteiger charge is -2.51. The lowest BCUT2D eigenvalue weighted by Crippen LogP contribution is -2.75. The van der Waals surface area contributed by atoms with Crippen molar-refractivity contribution in [1.29, 1.82) is 0 Å². The summed E-state index contributed by atoms with van der Waals surface area (Å²) < 4.78 is 20.0. The Morgan fingerprint density at radius 1 is 1.04 bits per heavy atom. The van der Waals surface area contributed by atoms with Crippen LogP contribution < -0.4 is 0 Å². The number of hydrogen-bond donors (Lipinski definition) is 7. The summed E-state index contributed by atoms with van der Waals surface area (Å²) in [5.74, 6) is -0.964. The number of carbonyl (C=O) groups is 1. The zero-order valence-corrected chi connectivity index (χ0v) is 12.8. The van der Waals surface area contributed by atoms with Gasteiger partial charge in [0, 0.05) is 0 Å². The van der Waals surface area contributed by atoms with E-state index in [1.54, 1.807) is 0 Å². The lowest BCUT2D eigenvalue weighted by molar-refractivity contribution is -0.381. The van der Waals surface area contributed by atoms with Crippen LogP contribution in [0.5, 0.6) is 0 Å². The Kier molecular flexibility index (Phi) is 5.02. The second-order valence-corrected chi connectivity index (χ2v) is 6.21. The summed E-state index contributed by atoms with van der Waals surface area (Å²) in [7, 11) is 0. The van der Waals surface area contributed by atoms with Crippen LogP contribution in [0, 0.1) is 0 Å². The lowest BCUT2D eigenvalue weighted by atomic mass is 9.84. The van der Waals surface area contributed by atoms with Gasteiger partial charge in [-0.2, -0.15) is 0 Å². The molecule has 0 saturated carbocycles. The molecule has 3 aliphatic heterocycles.